The van der Waals surface area contributed by atoms with E-state index < -0.39 is 0 Å². The van der Waals surface area contributed by atoms with Gasteiger partial charge in [0.25, 0.3) is 0 Å². The van der Waals surface area contributed by atoms with Crippen LogP contribution in [0.1, 0.15) is 22.8 Å². The Morgan fingerprint density at radius 2 is 2.36 bits per heavy atom. The van der Waals surface area contributed by atoms with Crippen LogP contribution in [-0.4, -0.2) is 11.3 Å². The Kier molecular flexibility index (Phi) is 3.18. The molecular weight excluding hydrogens is 176 g/mol. The average Bonchev–Trinajstić information content (AvgIpc) is 2.22. The van der Waals surface area contributed by atoms with Crippen molar-refractivity contribution in [1.29, 1.82) is 0 Å². The van der Waals surface area contributed by atoms with Crippen molar-refractivity contribution >= 4 is 17.7 Å². The zero-order valence-corrected chi connectivity index (χ0v) is 8.03. The molecule has 0 bridgehead atoms. The summed E-state index contributed by atoms with van der Waals surface area (Å²) in [4.78, 5) is 14.5. The third-order valence-electron chi connectivity index (χ3n) is 1.94. The molecule has 0 aliphatic carbocycles. The van der Waals surface area contributed by atoms with E-state index in [-0.39, 0.29) is 5.82 Å². The number of pyridine rings is 1. The fourth-order valence-corrected chi connectivity index (χ4v) is 1.15. The van der Waals surface area contributed by atoms with Gasteiger partial charge in [0, 0.05) is 11.8 Å². The van der Waals surface area contributed by atoms with Crippen LogP contribution < -0.4 is 5.73 Å². The van der Waals surface area contributed by atoms with Gasteiger partial charge in [0.05, 0.1) is 5.56 Å². The van der Waals surface area contributed by atoms with Gasteiger partial charge < -0.3 is 5.73 Å². The van der Waals surface area contributed by atoms with E-state index in [1.807, 2.05) is 13.0 Å². The van der Waals surface area contributed by atoms with Gasteiger partial charge in [-0.05, 0) is 18.6 Å². The molecule has 14 heavy (non-hydrogen) atoms. The van der Waals surface area contributed by atoms with Gasteiger partial charge in [-0.15, -0.1) is 0 Å². The lowest BCUT2D eigenvalue weighted by atomic mass is 10.1. The summed E-state index contributed by atoms with van der Waals surface area (Å²) in [5, 5.41) is 0. The number of nitrogens with zero attached hydrogens (tertiary/aromatic N) is 1. The number of nitrogens with two attached hydrogens (primary N) is 1. The predicted octanol–water partition coefficient (Wildman–Crippen LogP) is 2.07. The molecule has 0 spiro atoms. The summed E-state index contributed by atoms with van der Waals surface area (Å²) in [6, 6.07) is 1.70. The predicted molar refractivity (Wildman–Crippen MR) is 57.9 cm³/mol. The standard InChI is InChI=1S/C11H12N2O/c1-3-8(4-2)9-5-10(7-14)11(12)13-6-9/h3-7H,1H2,2H3,(H2,12,13)/b8-4+. The Hall–Kier alpha value is -1.90. The van der Waals surface area contributed by atoms with Gasteiger partial charge in [-0.2, -0.15) is 0 Å². The first-order valence-corrected chi connectivity index (χ1v) is 4.22. The summed E-state index contributed by atoms with van der Waals surface area (Å²) in [5.41, 5.74) is 7.68. The highest BCUT2D eigenvalue weighted by Crippen LogP contribution is 2.17. The Morgan fingerprint density at radius 1 is 1.64 bits per heavy atom. The Morgan fingerprint density at radius 3 is 2.86 bits per heavy atom. The zero-order valence-electron chi connectivity index (χ0n) is 8.03. The lowest BCUT2D eigenvalue weighted by molar-refractivity contribution is 0.112. The first-order valence-electron chi connectivity index (χ1n) is 4.22. The number of allylic oxidation sites excluding steroid dienone is 3. The van der Waals surface area contributed by atoms with E-state index in [2.05, 4.69) is 11.6 Å². The van der Waals surface area contributed by atoms with E-state index in [0.29, 0.717) is 11.8 Å². The molecule has 0 aliphatic rings. The normalized spacial score (nSPS) is 11.1. The molecule has 1 heterocycles. The van der Waals surface area contributed by atoms with Crippen molar-refractivity contribution in [2.24, 2.45) is 0 Å². The number of anilines is 1. The van der Waals surface area contributed by atoms with Crippen molar-refractivity contribution in [3.63, 3.8) is 0 Å². The summed E-state index contributed by atoms with van der Waals surface area (Å²) >= 11 is 0. The molecule has 1 rings (SSSR count). The first kappa shape index (κ1) is 10.2. The molecule has 0 saturated carbocycles. The molecule has 0 unspecified atom stereocenters. The summed E-state index contributed by atoms with van der Waals surface area (Å²) in [6.45, 7) is 5.57. The van der Waals surface area contributed by atoms with Crippen molar-refractivity contribution in [3.05, 3.63) is 42.1 Å². The first-order chi connectivity index (χ1) is 6.72. The number of carbonyl (C=O) groups is 1. The molecule has 1 aromatic rings. The molecule has 0 saturated heterocycles. The van der Waals surface area contributed by atoms with Crippen molar-refractivity contribution < 1.29 is 4.79 Å². The average molecular weight is 188 g/mol. The minimum absolute atomic E-state index is 0.253. The number of hydrogen-bond donors (Lipinski definition) is 1. The van der Waals surface area contributed by atoms with Crippen molar-refractivity contribution in [3.8, 4) is 0 Å². The number of nitrogen functional groups attached to an aromatic ring is 1. The molecular formula is C11H12N2O. The molecule has 72 valence electrons. The topological polar surface area (TPSA) is 56.0 Å². The van der Waals surface area contributed by atoms with E-state index >= 15 is 0 Å². The Bertz CT molecular complexity index is 394. The van der Waals surface area contributed by atoms with E-state index in [1.165, 1.54) is 0 Å². The summed E-state index contributed by atoms with van der Waals surface area (Å²) < 4.78 is 0. The smallest absolute Gasteiger partial charge is 0.153 e. The van der Waals surface area contributed by atoms with Crippen LogP contribution in [-0.2, 0) is 0 Å². The van der Waals surface area contributed by atoms with Crippen LogP contribution in [0.25, 0.3) is 5.57 Å². The third kappa shape index (κ3) is 1.88. The fourth-order valence-electron chi connectivity index (χ4n) is 1.15. The second kappa shape index (κ2) is 4.37. The fraction of sp³-hybridized carbons (Fsp3) is 0.0909. The molecule has 3 heteroatoms. The van der Waals surface area contributed by atoms with Crippen LogP contribution in [0.2, 0.25) is 0 Å². The summed E-state index contributed by atoms with van der Waals surface area (Å²) in [5.74, 6) is 0.253. The van der Waals surface area contributed by atoms with Crippen LogP contribution in [0.5, 0.6) is 0 Å². The molecule has 0 atom stereocenters. The highest BCUT2D eigenvalue weighted by molar-refractivity contribution is 5.84. The van der Waals surface area contributed by atoms with E-state index in [1.54, 1.807) is 18.3 Å². The number of aromatic nitrogens is 1. The van der Waals surface area contributed by atoms with Crippen molar-refractivity contribution in [1.82, 2.24) is 4.98 Å². The van der Waals surface area contributed by atoms with Gasteiger partial charge >= 0.3 is 0 Å². The van der Waals surface area contributed by atoms with Crippen LogP contribution in [0.3, 0.4) is 0 Å². The van der Waals surface area contributed by atoms with Crippen LogP contribution in [0.15, 0.2) is 31.0 Å². The van der Waals surface area contributed by atoms with Gasteiger partial charge in [0.1, 0.15) is 5.82 Å². The second-order valence-electron chi connectivity index (χ2n) is 2.76. The molecule has 1 aromatic heterocycles. The molecule has 3 nitrogen and oxygen atoms in total. The maximum absolute atomic E-state index is 10.6. The second-order valence-corrected chi connectivity index (χ2v) is 2.76. The van der Waals surface area contributed by atoms with Crippen LogP contribution in [0.4, 0.5) is 5.82 Å². The molecule has 2 N–H and O–H groups in total. The summed E-state index contributed by atoms with van der Waals surface area (Å²) in [7, 11) is 0. The Balaban J connectivity index is 3.24. The number of rotatable bonds is 3. The van der Waals surface area contributed by atoms with E-state index in [0.717, 1.165) is 11.1 Å². The van der Waals surface area contributed by atoms with Crippen LogP contribution >= 0.6 is 0 Å². The molecule has 0 fully saturated rings. The van der Waals surface area contributed by atoms with Gasteiger partial charge in [-0.1, -0.05) is 18.7 Å². The van der Waals surface area contributed by atoms with Crippen molar-refractivity contribution in [2.75, 3.05) is 5.73 Å². The Labute approximate surface area is 83.0 Å². The number of hydrogen-bond acceptors (Lipinski definition) is 3. The van der Waals surface area contributed by atoms with Gasteiger partial charge in [-0.3, -0.25) is 4.79 Å². The van der Waals surface area contributed by atoms with Gasteiger partial charge in [0.15, 0.2) is 6.29 Å². The number of carbonyl (C=O) groups excluding carboxylic acids is 1. The zero-order chi connectivity index (χ0) is 10.6. The van der Waals surface area contributed by atoms with E-state index in [9.17, 15) is 4.79 Å². The molecule has 0 amide bonds. The van der Waals surface area contributed by atoms with Crippen LogP contribution in [0, 0.1) is 0 Å². The van der Waals surface area contributed by atoms with Gasteiger partial charge in [0.2, 0.25) is 0 Å². The van der Waals surface area contributed by atoms with Gasteiger partial charge in [-0.25, -0.2) is 4.98 Å². The lowest BCUT2D eigenvalue weighted by Gasteiger charge is -2.03. The SMILES string of the molecule is C=C/C(=C\C)c1cnc(N)c(C=O)c1. The minimum atomic E-state index is 0.253. The lowest BCUT2D eigenvalue weighted by Crippen LogP contribution is -1.97. The highest BCUT2D eigenvalue weighted by Gasteiger charge is 2.02. The summed E-state index contributed by atoms with van der Waals surface area (Å²) in [6.07, 6.45) is 5.93. The van der Waals surface area contributed by atoms with E-state index in [4.69, 9.17) is 5.73 Å². The molecule has 0 aromatic carbocycles. The monoisotopic (exact) mass is 188 g/mol. The molecule has 0 radical (unpaired) electrons. The largest absolute Gasteiger partial charge is 0.383 e. The van der Waals surface area contributed by atoms with Crippen molar-refractivity contribution in [2.45, 2.75) is 6.92 Å². The number of aldehydes is 1. The maximum Gasteiger partial charge on any atom is 0.153 e. The maximum atomic E-state index is 10.6. The molecule has 0 aliphatic heterocycles. The highest BCUT2D eigenvalue weighted by atomic mass is 16.1. The minimum Gasteiger partial charge on any atom is -0.383 e. The third-order valence-corrected chi connectivity index (χ3v) is 1.94. The quantitative estimate of drug-likeness (QED) is 0.583.